The number of hydrogen-bond donors (Lipinski definition) is 0. The van der Waals surface area contributed by atoms with E-state index in [9.17, 15) is 0 Å². The van der Waals surface area contributed by atoms with Crippen LogP contribution in [0.5, 0.6) is 0 Å². The molecule has 4 heteroatoms. The van der Waals surface area contributed by atoms with Gasteiger partial charge in [-0.25, -0.2) is 14.5 Å². The Morgan fingerprint density at radius 1 is 1.36 bits per heavy atom. The zero-order valence-corrected chi connectivity index (χ0v) is 8.56. The Balaban J connectivity index is 2.38. The van der Waals surface area contributed by atoms with Gasteiger partial charge in [-0.1, -0.05) is 13.3 Å². The fourth-order valence-corrected chi connectivity index (χ4v) is 1.47. The fraction of sp³-hybridized carbons (Fsp3) is 0.500. The van der Waals surface area contributed by atoms with Crippen molar-refractivity contribution in [2.45, 2.75) is 33.1 Å². The highest BCUT2D eigenvalue weighted by molar-refractivity contribution is 5.36. The van der Waals surface area contributed by atoms with Crippen LogP contribution in [0.2, 0.25) is 0 Å². The van der Waals surface area contributed by atoms with Gasteiger partial charge in [-0.3, -0.25) is 0 Å². The van der Waals surface area contributed by atoms with E-state index < -0.39 is 0 Å². The zero-order valence-electron chi connectivity index (χ0n) is 8.56. The van der Waals surface area contributed by atoms with E-state index in [1.165, 1.54) is 6.42 Å². The highest BCUT2D eigenvalue weighted by atomic mass is 15.3. The average molecular weight is 190 g/mol. The molecule has 0 fully saturated rings. The second kappa shape index (κ2) is 3.74. The van der Waals surface area contributed by atoms with E-state index in [1.54, 1.807) is 10.7 Å². The lowest BCUT2D eigenvalue weighted by Gasteiger charge is -2.02. The highest BCUT2D eigenvalue weighted by Gasteiger charge is 2.03. The van der Waals surface area contributed by atoms with Gasteiger partial charge in [0.25, 0.3) is 0 Å². The van der Waals surface area contributed by atoms with Crippen molar-refractivity contribution in [1.29, 1.82) is 0 Å². The van der Waals surface area contributed by atoms with Gasteiger partial charge in [0.1, 0.15) is 11.6 Å². The van der Waals surface area contributed by atoms with Crippen molar-refractivity contribution < 1.29 is 0 Å². The molecule has 0 aliphatic rings. The van der Waals surface area contributed by atoms with Crippen LogP contribution in [0.4, 0.5) is 0 Å². The molecule has 0 aliphatic heterocycles. The minimum atomic E-state index is 0.892. The number of hydrogen-bond acceptors (Lipinski definition) is 3. The summed E-state index contributed by atoms with van der Waals surface area (Å²) in [4.78, 5) is 8.82. The minimum absolute atomic E-state index is 0.892. The molecule has 2 aromatic heterocycles. The molecule has 0 spiro atoms. The van der Waals surface area contributed by atoms with Crippen LogP contribution in [-0.4, -0.2) is 19.6 Å². The number of nitrogens with zero attached hydrogens (tertiary/aromatic N) is 4. The van der Waals surface area contributed by atoms with Crippen LogP contribution in [0.15, 0.2) is 12.3 Å². The molecule has 74 valence electrons. The van der Waals surface area contributed by atoms with Gasteiger partial charge in [0, 0.05) is 12.5 Å². The largest absolute Gasteiger partial charge is 0.218 e. The van der Waals surface area contributed by atoms with Crippen LogP contribution in [-0.2, 0) is 6.42 Å². The predicted octanol–water partition coefficient (Wildman–Crippen LogP) is 1.78. The quantitative estimate of drug-likeness (QED) is 0.740. The summed E-state index contributed by atoms with van der Waals surface area (Å²) < 4.78 is 1.76. The summed E-state index contributed by atoms with van der Waals surface area (Å²) in [6, 6.07) is 1.91. The van der Waals surface area contributed by atoms with Crippen molar-refractivity contribution in [1.82, 2.24) is 19.6 Å². The summed E-state index contributed by atoms with van der Waals surface area (Å²) in [5.41, 5.74) is 0.892. The number of aromatic nitrogens is 4. The second-order valence-corrected chi connectivity index (χ2v) is 3.39. The Morgan fingerprint density at radius 3 is 3.00 bits per heavy atom. The second-order valence-electron chi connectivity index (χ2n) is 3.39. The summed E-state index contributed by atoms with van der Waals surface area (Å²) in [6.45, 7) is 4.13. The van der Waals surface area contributed by atoms with Gasteiger partial charge in [0.15, 0.2) is 5.65 Å². The molecule has 0 bridgehead atoms. The van der Waals surface area contributed by atoms with Gasteiger partial charge < -0.3 is 0 Å². The number of unbranched alkanes of at least 4 members (excludes halogenated alkanes) is 1. The van der Waals surface area contributed by atoms with E-state index in [-0.39, 0.29) is 0 Å². The molecule has 4 nitrogen and oxygen atoms in total. The molecule has 2 rings (SSSR count). The third kappa shape index (κ3) is 1.60. The van der Waals surface area contributed by atoms with Crippen LogP contribution >= 0.6 is 0 Å². The van der Waals surface area contributed by atoms with Gasteiger partial charge in [0.2, 0.25) is 0 Å². The summed E-state index contributed by atoms with van der Waals surface area (Å²) >= 11 is 0. The van der Waals surface area contributed by atoms with E-state index in [2.05, 4.69) is 22.0 Å². The average Bonchev–Trinajstić information content (AvgIpc) is 2.63. The standard InChI is InChI=1S/C10H14N4/c1-3-4-5-9-12-8(2)14-10(13-9)6-7-11-14/h6-7H,3-5H2,1-2H3. The van der Waals surface area contributed by atoms with Crippen molar-refractivity contribution in [2.24, 2.45) is 0 Å². The molecule has 14 heavy (non-hydrogen) atoms. The van der Waals surface area contributed by atoms with E-state index in [0.717, 1.165) is 30.1 Å². The van der Waals surface area contributed by atoms with E-state index in [4.69, 9.17) is 0 Å². The van der Waals surface area contributed by atoms with Crippen LogP contribution in [0, 0.1) is 6.92 Å². The van der Waals surface area contributed by atoms with Crippen LogP contribution in [0.3, 0.4) is 0 Å². The molecular weight excluding hydrogens is 176 g/mol. The molecule has 0 atom stereocenters. The molecule has 0 amide bonds. The molecule has 0 saturated carbocycles. The normalized spacial score (nSPS) is 11.0. The van der Waals surface area contributed by atoms with Crippen LogP contribution in [0.25, 0.3) is 5.65 Å². The van der Waals surface area contributed by atoms with Crippen molar-refractivity contribution in [3.63, 3.8) is 0 Å². The summed E-state index contributed by atoms with van der Waals surface area (Å²) in [6.07, 6.45) is 5.02. The van der Waals surface area contributed by atoms with E-state index in [1.807, 2.05) is 13.0 Å². The fourth-order valence-electron chi connectivity index (χ4n) is 1.47. The number of rotatable bonds is 3. The van der Waals surface area contributed by atoms with Crippen LogP contribution in [0.1, 0.15) is 31.4 Å². The monoisotopic (exact) mass is 190 g/mol. The molecule has 2 heterocycles. The van der Waals surface area contributed by atoms with Crippen molar-refractivity contribution in [3.8, 4) is 0 Å². The first-order valence-electron chi connectivity index (χ1n) is 4.98. The third-order valence-corrected chi connectivity index (χ3v) is 2.22. The topological polar surface area (TPSA) is 43.1 Å². The van der Waals surface area contributed by atoms with E-state index >= 15 is 0 Å². The smallest absolute Gasteiger partial charge is 0.159 e. The van der Waals surface area contributed by atoms with Gasteiger partial charge in [-0.05, 0) is 13.3 Å². The highest BCUT2D eigenvalue weighted by Crippen LogP contribution is 2.04. The molecular formula is C10H14N4. The predicted molar refractivity (Wildman–Crippen MR) is 54.1 cm³/mol. The summed E-state index contributed by atoms with van der Waals surface area (Å²) in [5.74, 6) is 1.84. The zero-order chi connectivity index (χ0) is 9.97. The minimum Gasteiger partial charge on any atom is -0.218 e. The Hall–Kier alpha value is -1.45. The van der Waals surface area contributed by atoms with Crippen molar-refractivity contribution >= 4 is 5.65 Å². The molecule has 0 radical (unpaired) electrons. The first kappa shape index (κ1) is 9.12. The summed E-state index contributed by atoms with van der Waals surface area (Å²) in [5, 5.41) is 4.13. The lowest BCUT2D eigenvalue weighted by molar-refractivity contribution is 0.725. The number of fused-ring (bicyclic) bond motifs is 1. The maximum Gasteiger partial charge on any atom is 0.159 e. The van der Waals surface area contributed by atoms with Gasteiger partial charge in [0.05, 0.1) is 6.20 Å². The summed E-state index contributed by atoms with van der Waals surface area (Å²) in [7, 11) is 0. The third-order valence-electron chi connectivity index (χ3n) is 2.22. The molecule has 0 unspecified atom stereocenters. The first-order chi connectivity index (χ1) is 6.81. The Morgan fingerprint density at radius 2 is 2.21 bits per heavy atom. The van der Waals surface area contributed by atoms with E-state index in [0.29, 0.717) is 0 Å². The Kier molecular flexibility index (Phi) is 2.43. The maximum atomic E-state index is 4.42. The SMILES string of the molecule is CCCCc1nc(C)n2nccc2n1. The first-order valence-corrected chi connectivity index (χ1v) is 4.98. The van der Waals surface area contributed by atoms with Gasteiger partial charge in [-0.15, -0.1) is 0 Å². The van der Waals surface area contributed by atoms with Gasteiger partial charge >= 0.3 is 0 Å². The van der Waals surface area contributed by atoms with Crippen molar-refractivity contribution in [2.75, 3.05) is 0 Å². The van der Waals surface area contributed by atoms with Gasteiger partial charge in [-0.2, -0.15) is 5.10 Å². The lowest BCUT2D eigenvalue weighted by Crippen LogP contribution is -2.04. The number of aryl methyl sites for hydroxylation is 2. The molecule has 0 saturated heterocycles. The van der Waals surface area contributed by atoms with Crippen LogP contribution < -0.4 is 0 Å². The molecule has 0 N–H and O–H groups in total. The molecule has 0 aliphatic carbocycles. The maximum absolute atomic E-state index is 4.42. The Bertz CT molecular complexity index is 433. The van der Waals surface area contributed by atoms with Crippen molar-refractivity contribution in [3.05, 3.63) is 23.9 Å². The molecule has 0 aromatic carbocycles. The lowest BCUT2D eigenvalue weighted by atomic mass is 10.2. The Labute approximate surface area is 83.0 Å². The molecule has 2 aromatic rings.